The van der Waals surface area contributed by atoms with Crippen molar-refractivity contribution in [3.63, 3.8) is 0 Å². The van der Waals surface area contributed by atoms with Crippen LogP contribution in [0.1, 0.15) is 36.8 Å². The van der Waals surface area contributed by atoms with Crippen molar-refractivity contribution in [2.45, 2.75) is 38.5 Å². The average Bonchev–Trinajstić information content (AvgIpc) is 2.66. The lowest BCUT2D eigenvalue weighted by Crippen LogP contribution is -2.19. The van der Waals surface area contributed by atoms with E-state index in [1.54, 1.807) is 6.07 Å². The highest BCUT2D eigenvalue weighted by Gasteiger charge is 1.99. The average molecular weight is 356 g/mol. The predicted molar refractivity (Wildman–Crippen MR) is 111 cm³/mol. The monoisotopic (exact) mass is 355 g/mol. The van der Waals surface area contributed by atoms with Gasteiger partial charge in [-0.25, -0.2) is 0 Å². The molecule has 0 spiro atoms. The van der Waals surface area contributed by atoms with E-state index in [0.29, 0.717) is 5.69 Å². The lowest BCUT2D eigenvalue weighted by molar-refractivity contribution is 0.477. The fourth-order valence-electron chi connectivity index (χ4n) is 2.97. The third kappa shape index (κ3) is 8.37. The SMILES string of the molecule is Nc1cc(CCNCCCCCCNCCc2ccccc2)ccc1O. The Morgan fingerprint density at radius 2 is 1.31 bits per heavy atom. The van der Waals surface area contributed by atoms with Crippen LogP contribution in [0.4, 0.5) is 5.69 Å². The smallest absolute Gasteiger partial charge is 0.138 e. The van der Waals surface area contributed by atoms with Gasteiger partial charge in [-0.15, -0.1) is 0 Å². The third-order valence-electron chi connectivity index (χ3n) is 4.57. The molecule has 0 aliphatic rings. The zero-order valence-corrected chi connectivity index (χ0v) is 15.7. The number of phenols is 1. The van der Waals surface area contributed by atoms with E-state index >= 15 is 0 Å². The van der Waals surface area contributed by atoms with Crippen LogP contribution < -0.4 is 16.4 Å². The zero-order chi connectivity index (χ0) is 18.5. The second kappa shape index (κ2) is 12.3. The molecule has 0 atom stereocenters. The third-order valence-corrected chi connectivity index (χ3v) is 4.57. The fraction of sp³-hybridized carbons (Fsp3) is 0.455. The minimum atomic E-state index is 0.163. The lowest BCUT2D eigenvalue weighted by Gasteiger charge is -2.07. The van der Waals surface area contributed by atoms with Crippen molar-refractivity contribution in [1.82, 2.24) is 10.6 Å². The van der Waals surface area contributed by atoms with Crippen LogP contribution in [0.5, 0.6) is 5.75 Å². The Morgan fingerprint density at radius 3 is 1.92 bits per heavy atom. The largest absolute Gasteiger partial charge is 0.506 e. The molecule has 0 fully saturated rings. The molecule has 2 aromatic rings. The molecular weight excluding hydrogens is 322 g/mol. The quantitative estimate of drug-likeness (QED) is 0.252. The summed E-state index contributed by atoms with van der Waals surface area (Å²) < 4.78 is 0. The predicted octanol–water partition coefficient (Wildman–Crippen LogP) is 3.50. The Labute approximate surface area is 157 Å². The van der Waals surface area contributed by atoms with Gasteiger partial charge in [0.15, 0.2) is 0 Å². The van der Waals surface area contributed by atoms with Crippen LogP contribution in [0, 0.1) is 0 Å². The molecular formula is C22H33N3O. The molecule has 0 saturated heterocycles. The van der Waals surface area contributed by atoms with Crippen molar-refractivity contribution in [2.75, 3.05) is 31.9 Å². The molecule has 26 heavy (non-hydrogen) atoms. The summed E-state index contributed by atoms with van der Waals surface area (Å²) in [5.41, 5.74) is 8.73. The number of nitrogens with one attached hydrogen (secondary N) is 2. The summed E-state index contributed by atoms with van der Waals surface area (Å²) in [6.45, 7) is 4.19. The number of unbranched alkanes of at least 4 members (excludes halogenated alkanes) is 3. The molecule has 4 heteroatoms. The van der Waals surface area contributed by atoms with E-state index < -0.39 is 0 Å². The number of hydrogen-bond donors (Lipinski definition) is 4. The molecule has 4 nitrogen and oxygen atoms in total. The van der Waals surface area contributed by atoms with Crippen LogP contribution in [0.15, 0.2) is 48.5 Å². The summed E-state index contributed by atoms with van der Waals surface area (Å²) >= 11 is 0. The summed E-state index contributed by atoms with van der Waals surface area (Å²) in [7, 11) is 0. The molecule has 0 unspecified atom stereocenters. The van der Waals surface area contributed by atoms with Gasteiger partial charge in [0, 0.05) is 0 Å². The molecule has 142 valence electrons. The first kappa shape index (κ1) is 20.3. The Bertz CT molecular complexity index is 616. The molecule has 0 saturated carbocycles. The number of nitrogen functional groups attached to an aromatic ring is 1. The van der Waals surface area contributed by atoms with E-state index in [4.69, 9.17) is 5.73 Å². The van der Waals surface area contributed by atoms with Gasteiger partial charge in [-0.05, 0) is 75.1 Å². The summed E-state index contributed by atoms with van der Waals surface area (Å²) in [6, 6.07) is 16.1. The first-order valence-electron chi connectivity index (χ1n) is 9.78. The van der Waals surface area contributed by atoms with Gasteiger partial charge in [0.2, 0.25) is 0 Å². The molecule has 2 rings (SSSR count). The number of anilines is 1. The second-order valence-corrected chi connectivity index (χ2v) is 6.79. The zero-order valence-electron chi connectivity index (χ0n) is 15.7. The maximum Gasteiger partial charge on any atom is 0.138 e. The lowest BCUT2D eigenvalue weighted by atomic mass is 10.1. The van der Waals surface area contributed by atoms with Crippen molar-refractivity contribution in [2.24, 2.45) is 0 Å². The Kier molecular flexibility index (Phi) is 9.62. The molecule has 0 bridgehead atoms. The molecule has 0 heterocycles. The first-order valence-corrected chi connectivity index (χ1v) is 9.78. The van der Waals surface area contributed by atoms with Crippen LogP contribution >= 0.6 is 0 Å². The summed E-state index contributed by atoms with van der Waals surface area (Å²) in [4.78, 5) is 0. The van der Waals surface area contributed by atoms with E-state index in [1.165, 1.54) is 31.2 Å². The molecule has 0 amide bonds. The van der Waals surface area contributed by atoms with Gasteiger partial charge < -0.3 is 21.5 Å². The summed E-state index contributed by atoms with van der Waals surface area (Å²) in [6.07, 6.45) is 7.09. The summed E-state index contributed by atoms with van der Waals surface area (Å²) in [5.74, 6) is 0.163. The van der Waals surface area contributed by atoms with Gasteiger partial charge in [-0.2, -0.15) is 0 Å². The Hall–Kier alpha value is -2.04. The van der Waals surface area contributed by atoms with Gasteiger partial charge in [0.05, 0.1) is 5.69 Å². The van der Waals surface area contributed by atoms with E-state index in [0.717, 1.165) is 44.6 Å². The molecule has 5 N–H and O–H groups in total. The van der Waals surface area contributed by atoms with Crippen LogP contribution in [0.25, 0.3) is 0 Å². The van der Waals surface area contributed by atoms with Gasteiger partial charge in [0.25, 0.3) is 0 Å². The minimum Gasteiger partial charge on any atom is -0.506 e. The molecule has 0 aliphatic carbocycles. The first-order chi connectivity index (χ1) is 12.8. The number of phenolic OH excluding ortho intramolecular Hbond substituents is 1. The second-order valence-electron chi connectivity index (χ2n) is 6.79. The Morgan fingerprint density at radius 1 is 0.692 bits per heavy atom. The van der Waals surface area contributed by atoms with Crippen molar-refractivity contribution in [1.29, 1.82) is 0 Å². The van der Waals surface area contributed by atoms with Gasteiger partial charge in [-0.1, -0.05) is 49.2 Å². The molecule has 0 aromatic heterocycles. The number of hydrogen-bond acceptors (Lipinski definition) is 4. The Balaban J connectivity index is 1.36. The van der Waals surface area contributed by atoms with Crippen LogP contribution in [0.3, 0.4) is 0 Å². The highest BCUT2D eigenvalue weighted by molar-refractivity contribution is 5.53. The molecule has 0 radical (unpaired) electrons. The summed E-state index contributed by atoms with van der Waals surface area (Å²) in [5, 5.41) is 16.4. The number of aromatic hydroxyl groups is 1. The van der Waals surface area contributed by atoms with Crippen molar-refractivity contribution in [3.05, 3.63) is 59.7 Å². The highest BCUT2D eigenvalue weighted by Crippen LogP contribution is 2.20. The topological polar surface area (TPSA) is 70.3 Å². The number of nitrogens with two attached hydrogens (primary N) is 1. The maximum atomic E-state index is 9.41. The molecule has 2 aromatic carbocycles. The number of rotatable bonds is 13. The van der Waals surface area contributed by atoms with Gasteiger partial charge in [-0.3, -0.25) is 0 Å². The minimum absolute atomic E-state index is 0.163. The standard InChI is InChI=1S/C22H33N3O/c23-21-18-20(10-11-22(21)26)13-17-25-15-7-2-1-6-14-24-16-12-19-8-4-3-5-9-19/h3-5,8-11,18,24-26H,1-2,6-7,12-17,23H2. The van der Waals surface area contributed by atoms with Crippen LogP contribution in [-0.4, -0.2) is 31.3 Å². The van der Waals surface area contributed by atoms with Gasteiger partial charge >= 0.3 is 0 Å². The normalized spacial score (nSPS) is 10.9. The highest BCUT2D eigenvalue weighted by atomic mass is 16.3. The van der Waals surface area contributed by atoms with Crippen LogP contribution in [-0.2, 0) is 12.8 Å². The van der Waals surface area contributed by atoms with E-state index in [1.807, 2.05) is 12.1 Å². The van der Waals surface area contributed by atoms with Crippen LogP contribution in [0.2, 0.25) is 0 Å². The van der Waals surface area contributed by atoms with E-state index in [-0.39, 0.29) is 5.75 Å². The fourth-order valence-corrected chi connectivity index (χ4v) is 2.97. The molecule has 0 aliphatic heterocycles. The van der Waals surface area contributed by atoms with Crippen molar-refractivity contribution >= 4 is 5.69 Å². The van der Waals surface area contributed by atoms with Gasteiger partial charge in [0.1, 0.15) is 5.75 Å². The van der Waals surface area contributed by atoms with Crippen molar-refractivity contribution in [3.8, 4) is 5.75 Å². The van der Waals surface area contributed by atoms with Crippen molar-refractivity contribution < 1.29 is 5.11 Å². The van der Waals surface area contributed by atoms with E-state index in [9.17, 15) is 5.11 Å². The number of benzene rings is 2. The van der Waals surface area contributed by atoms with E-state index in [2.05, 4.69) is 41.0 Å². The maximum absolute atomic E-state index is 9.41.